The lowest BCUT2D eigenvalue weighted by Gasteiger charge is -2.33. The van der Waals surface area contributed by atoms with Gasteiger partial charge in [-0.1, -0.05) is 11.6 Å². The fraction of sp³-hybridized carbons (Fsp3) is 0.583. The number of fused-ring (bicyclic) bond motifs is 2. The molecule has 0 radical (unpaired) electrons. The highest BCUT2D eigenvalue weighted by atomic mass is 35.5. The second-order valence-electron chi connectivity index (χ2n) is 5.09. The lowest BCUT2D eigenvalue weighted by Crippen LogP contribution is -2.33. The van der Waals surface area contributed by atoms with Crippen LogP contribution in [0.5, 0.6) is 0 Å². The monoisotopic (exact) mass is 238 g/mol. The van der Waals surface area contributed by atoms with E-state index in [0.29, 0.717) is 22.7 Å². The van der Waals surface area contributed by atoms with Gasteiger partial charge in [-0.15, -0.1) is 0 Å². The summed E-state index contributed by atoms with van der Waals surface area (Å²) in [6, 6.07) is 1.77. The van der Waals surface area contributed by atoms with E-state index in [4.69, 9.17) is 17.3 Å². The first kappa shape index (κ1) is 10.4. The highest BCUT2D eigenvalue weighted by Gasteiger charge is 2.51. The molecule has 0 aromatic carbocycles. The van der Waals surface area contributed by atoms with Gasteiger partial charge in [-0.3, -0.25) is 0 Å². The quantitative estimate of drug-likeness (QED) is 0.790. The fourth-order valence-electron chi connectivity index (χ4n) is 3.43. The summed E-state index contributed by atoms with van der Waals surface area (Å²) in [6.07, 6.45) is 5.78. The number of nitrogen functional groups attached to an aromatic ring is 1. The summed E-state index contributed by atoms with van der Waals surface area (Å²) < 4.78 is 0. The van der Waals surface area contributed by atoms with Crippen molar-refractivity contribution in [2.75, 3.05) is 5.73 Å². The molecular weight excluding hydrogens is 224 g/mol. The number of aromatic nitrogens is 1. The third-order valence-corrected chi connectivity index (χ3v) is 4.37. The normalized spacial score (nSPS) is 36.9. The van der Waals surface area contributed by atoms with Crippen molar-refractivity contribution in [3.8, 4) is 0 Å². The van der Waals surface area contributed by atoms with Crippen molar-refractivity contribution in [2.45, 2.75) is 31.3 Å². The van der Waals surface area contributed by atoms with Crippen LogP contribution in [0.2, 0.25) is 5.02 Å². The van der Waals surface area contributed by atoms with Crippen molar-refractivity contribution in [3.63, 3.8) is 0 Å². The zero-order valence-corrected chi connectivity index (χ0v) is 9.74. The highest BCUT2D eigenvalue weighted by Crippen LogP contribution is 2.56. The van der Waals surface area contributed by atoms with Gasteiger partial charge in [-0.2, -0.15) is 0 Å². The summed E-state index contributed by atoms with van der Waals surface area (Å²) in [5, 5.41) is 11.3. The molecule has 4 heteroatoms. The number of nitrogens with two attached hydrogens (primary N) is 1. The Kier molecular flexibility index (Phi) is 2.17. The predicted molar refractivity (Wildman–Crippen MR) is 63.0 cm³/mol. The summed E-state index contributed by atoms with van der Waals surface area (Å²) in [4.78, 5) is 4.04. The van der Waals surface area contributed by atoms with Crippen molar-refractivity contribution >= 4 is 17.4 Å². The first-order valence-electron chi connectivity index (χ1n) is 5.73. The molecule has 3 unspecified atom stereocenters. The van der Waals surface area contributed by atoms with E-state index in [1.165, 1.54) is 12.6 Å². The van der Waals surface area contributed by atoms with Crippen LogP contribution in [0.3, 0.4) is 0 Å². The van der Waals surface area contributed by atoms with E-state index in [1.54, 1.807) is 6.07 Å². The highest BCUT2D eigenvalue weighted by molar-refractivity contribution is 6.30. The van der Waals surface area contributed by atoms with Gasteiger partial charge in [-0.05, 0) is 43.6 Å². The number of pyridine rings is 1. The van der Waals surface area contributed by atoms with Crippen LogP contribution < -0.4 is 5.73 Å². The Hall–Kier alpha value is -0.800. The first-order valence-corrected chi connectivity index (χ1v) is 6.11. The molecule has 3 rings (SSSR count). The van der Waals surface area contributed by atoms with Gasteiger partial charge in [0.1, 0.15) is 5.82 Å². The molecule has 2 aliphatic carbocycles. The SMILES string of the molecule is Nc1ncc(Cl)cc1C1(O)CC2CCC1C2. The fourth-order valence-corrected chi connectivity index (χ4v) is 3.59. The number of halogens is 1. The van der Waals surface area contributed by atoms with Crippen LogP contribution in [0.1, 0.15) is 31.2 Å². The summed E-state index contributed by atoms with van der Waals surface area (Å²) in [6.45, 7) is 0. The third-order valence-electron chi connectivity index (χ3n) is 4.17. The predicted octanol–water partition coefficient (Wildman–Crippen LogP) is 2.32. The topological polar surface area (TPSA) is 59.1 Å². The molecule has 3 nitrogen and oxygen atoms in total. The van der Waals surface area contributed by atoms with Crippen molar-refractivity contribution in [1.82, 2.24) is 4.98 Å². The second-order valence-corrected chi connectivity index (χ2v) is 5.53. The summed E-state index contributed by atoms with van der Waals surface area (Å²) in [5.41, 5.74) is 5.80. The van der Waals surface area contributed by atoms with E-state index in [1.807, 2.05) is 0 Å². The molecule has 1 aromatic heterocycles. The van der Waals surface area contributed by atoms with Gasteiger partial charge in [0, 0.05) is 11.8 Å². The van der Waals surface area contributed by atoms with E-state index < -0.39 is 5.60 Å². The van der Waals surface area contributed by atoms with Crippen LogP contribution in [0.25, 0.3) is 0 Å². The number of hydrogen-bond donors (Lipinski definition) is 2. The molecule has 0 spiro atoms. The van der Waals surface area contributed by atoms with Crippen LogP contribution in [0.4, 0.5) is 5.82 Å². The summed E-state index contributed by atoms with van der Waals surface area (Å²) in [5.74, 6) is 1.40. The van der Waals surface area contributed by atoms with E-state index in [0.717, 1.165) is 24.8 Å². The van der Waals surface area contributed by atoms with Gasteiger partial charge in [0.15, 0.2) is 0 Å². The van der Waals surface area contributed by atoms with Crippen LogP contribution >= 0.6 is 11.6 Å². The molecule has 0 amide bonds. The van der Waals surface area contributed by atoms with Gasteiger partial charge >= 0.3 is 0 Å². The Morgan fingerprint density at radius 3 is 2.94 bits per heavy atom. The average molecular weight is 239 g/mol. The van der Waals surface area contributed by atoms with E-state index >= 15 is 0 Å². The van der Waals surface area contributed by atoms with Crippen molar-refractivity contribution in [1.29, 1.82) is 0 Å². The molecule has 0 saturated heterocycles. The molecular formula is C12H15ClN2O. The lowest BCUT2D eigenvalue weighted by molar-refractivity contribution is -0.0177. The number of aliphatic hydroxyl groups is 1. The van der Waals surface area contributed by atoms with Gasteiger partial charge < -0.3 is 10.8 Å². The zero-order chi connectivity index (χ0) is 11.3. The molecule has 2 bridgehead atoms. The lowest BCUT2D eigenvalue weighted by atomic mass is 9.79. The maximum Gasteiger partial charge on any atom is 0.129 e. The van der Waals surface area contributed by atoms with Crippen molar-refractivity contribution in [2.24, 2.45) is 11.8 Å². The second kappa shape index (κ2) is 3.34. The molecule has 0 aliphatic heterocycles. The van der Waals surface area contributed by atoms with Crippen molar-refractivity contribution in [3.05, 3.63) is 22.8 Å². The molecule has 2 aliphatic rings. The minimum absolute atomic E-state index is 0.333. The number of anilines is 1. The van der Waals surface area contributed by atoms with Crippen LogP contribution in [-0.2, 0) is 5.60 Å². The Labute approximate surface area is 99.6 Å². The van der Waals surface area contributed by atoms with Gasteiger partial charge in [0.05, 0.1) is 10.6 Å². The number of nitrogens with zero attached hydrogens (tertiary/aromatic N) is 1. The molecule has 2 fully saturated rings. The van der Waals surface area contributed by atoms with Crippen LogP contribution in [-0.4, -0.2) is 10.1 Å². The molecule has 16 heavy (non-hydrogen) atoms. The Morgan fingerprint density at radius 2 is 2.31 bits per heavy atom. The van der Waals surface area contributed by atoms with E-state index in [-0.39, 0.29) is 0 Å². The smallest absolute Gasteiger partial charge is 0.129 e. The number of rotatable bonds is 1. The molecule has 86 valence electrons. The summed E-state index contributed by atoms with van der Waals surface area (Å²) >= 11 is 5.93. The minimum Gasteiger partial charge on any atom is -0.385 e. The van der Waals surface area contributed by atoms with Crippen LogP contribution in [0.15, 0.2) is 12.3 Å². The molecule has 3 atom stereocenters. The van der Waals surface area contributed by atoms with Gasteiger partial charge in [-0.25, -0.2) is 4.98 Å². The van der Waals surface area contributed by atoms with Gasteiger partial charge in [0.2, 0.25) is 0 Å². The van der Waals surface area contributed by atoms with Gasteiger partial charge in [0.25, 0.3) is 0 Å². The maximum absolute atomic E-state index is 10.8. The Bertz CT molecular complexity index is 437. The van der Waals surface area contributed by atoms with E-state index in [2.05, 4.69) is 4.98 Å². The maximum atomic E-state index is 10.8. The first-order chi connectivity index (χ1) is 7.59. The summed E-state index contributed by atoms with van der Waals surface area (Å²) in [7, 11) is 0. The Morgan fingerprint density at radius 1 is 1.50 bits per heavy atom. The Balaban J connectivity index is 2.06. The molecule has 1 heterocycles. The number of hydrogen-bond acceptors (Lipinski definition) is 3. The molecule has 1 aromatic rings. The third kappa shape index (κ3) is 1.35. The molecule has 2 saturated carbocycles. The van der Waals surface area contributed by atoms with E-state index in [9.17, 15) is 5.11 Å². The minimum atomic E-state index is -0.787. The van der Waals surface area contributed by atoms with Crippen LogP contribution in [0, 0.1) is 11.8 Å². The largest absolute Gasteiger partial charge is 0.385 e. The standard InChI is InChI=1S/C12H15ClN2O/c13-9-4-10(11(14)15-6-9)12(16)5-7-1-2-8(12)3-7/h4,6-8,16H,1-3,5H2,(H2,14,15). The molecule has 3 N–H and O–H groups in total. The average Bonchev–Trinajstić information content (AvgIpc) is 2.81. The zero-order valence-electron chi connectivity index (χ0n) is 8.99. The van der Waals surface area contributed by atoms with Crippen molar-refractivity contribution < 1.29 is 5.11 Å².